The fourth-order valence-corrected chi connectivity index (χ4v) is 5.97. The number of rotatable bonds is 9. The van der Waals surface area contributed by atoms with Crippen LogP contribution in [0.1, 0.15) is 76.1 Å². The fourth-order valence-electron chi connectivity index (χ4n) is 5.97. The van der Waals surface area contributed by atoms with Gasteiger partial charge in [-0.05, 0) is 67.6 Å². The van der Waals surface area contributed by atoms with Crippen molar-refractivity contribution >= 4 is 22.5 Å². The van der Waals surface area contributed by atoms with E-state index in [-0.39, 0.29) is 23.3 Å². The molecule has 1 saturated heterocycles. The highest BCUT2D eigenvalue weighted by Gasteiger charge is 2.35. The molecule has 1 aliphatic heterocycles. The molecule has 0 radical (unpaired) electrons. The van der Waals surface area contributed by atoms with Crippen LogP contribution < -0.4 is 4.90 Å². The molecule has 0 bridgehead atoms. The number of hydrogen-bond donors (Lipinski definition) is 1. The largest absolute Gasteiger partial charge is 0.358 e. The predicted molar refractivity (Wildman–Crippen MR) is 164 cm³/mol. The van der Waals surface area contributed by atoms with Gasteiger partial charge in [-0.2, -0.15) is 0 Å². The number of carbonyl (C=O) groups is 1. The Kier molecular flexibility index (Phi) is 8.23. The number of aromatic amines is 1. The Balaban J connectivity index is 1.58. The molecule has 1 aromatic heterocycles. The zero-order valence-corrected chi connectivity index (χ0v) is 24.0. The lowest BCUT2D eigenvalue weighted by molar-refractivity contribution is -0.119. The molecule has 1 fully saturated rings. The Hall–Kier alpha value is -3.37. The van der Waals surface area contributed by atoms with Crippen molar-refractivity contribution in [2.45, 2.75) is 70.8 Å². The summed E-state index contributed by atoms with van der Waals surface area (Å²) >= 11 is 0. The normalized spacial score (nSPS) is 15.2. The molecular weight excluding hydrogens is 478 g/mol. The fraction of sp³-hybridized carbons (Fsp3) is 0.400. The number of nitrogens with zero attached hydrogens (tertiary/aromatic N) is 2. The summed E-state index contributed by atoms with van der Waals surface area (Å²) in [4.78, 5) is 23.1. The van der Waals surface area contributed by atoms with Crippen LogP contribution in [0, 0.1) is 0 Å². The van der Waals surface area contributed by atoms with Crippen molar-refractivity contribution in [3.63, 3.8) is 0 Å². The Bertz CT molecular complexity index is 1330. The number of H-pyrrole nitrogens is 1. The third kappa shape index (κ3) is 5.81. The number of piperidine rings is 1. The Morgan fingerprint density at radius 1 is 0.923 bits per heavy atom. The van der Waals surface area contributed by atoms with Crippen LogP contribution >= 0.6 is 0 Å². The first-order chi connectivity index (χ1) is 18.9. The zero-order chi connectivity index (χ0) is 27.4. The zero-order valence-electron chi connectivity index (χ0n) is 24.0. The molecule has 4 heteroatoms. The van der Waals surface area contributed by atoms with Gasteiger partial charge in [-0.25, -0.2) is 0 Å². The van der Waals surface area contributed by atoms with Crippen molar-refractivity contribution < 1.29 is 4.79 Å². The molecule has 4 nitrogen and oxygen atoms in total. The summed E-state index contributed by atoms with van der Waals surface area (Å²) in [6.07, 6.45) is 4.20. The SMILES string of the molecule is CCCN1CCC(N(C(=O)C(c2ccccc2)c2ccccc2)c2ccc3[nH]c(C(C)(C)CC)cc3c2)CC1. The van der Waals surface area contributed by atoms with Gasteiger partial charge in [-0.15, -0.1) is 0 Å². The maximum atomic E-state index is 14.8. The second-order valence-electron chi connectivity index (χ2n) is 11.7. The van der Waals surface area contributed by atoms with E-state index >= 15 is 0 Å². The van der Waals surface area contributed by atoms with E-state index < -0.39 is 0 Å². The quantitative estimate of drug-likeness (QED) is 0.243. The van der Waals surface area contributed by atoms with Gasteiger partial charge in [0.2, 0.25) is 5.91 Å². The molecule has 0 unspecified atom stereocenters. The summed E-state index contributed by atoms with van der Waals surface area (Å²) in [5.74, 6) is -0.192. The van der Waals surface area contributed by atoms with E-state index in [0.29, 0.717) is 0 Å². The van der Waals surface area contributed by atoms with E-state index in [2.05, 4.69) is 91.0 Å². The minimum absolute atomic E-state index is 0.0759. The van der Waals surface area contributed by atoms with E-state index in [0.717, 1.165) is 67.6 Å². The van der Waals surface area contributed by atoms with Crippen molar-refractivity contribution in [2.75, 3.05) is 24.5 Å². The van der Waals surface area contributed by atoms with Gasteiger partial charge in [0, 0.05) is 46.8 Å². The van der Waals surface area contributed by atoms with Crippen molar-refractivity contribution in [2.24, 2.45) is 0 Å². The van der Waals surface area contributed by atoms with E-state index in [1.165, 1.54) is 11.1 Å². The molecule has 4 aromatic rings. The molecule has 204 valence electrons. The predicted octanol–water partition coefficient (Wildman–Crippen LogP) is 7.90. The molecule has 39 heavy (non-hydrogen) atoms. The number of hydrogen-bond acceptors (Lipinski definition) is 2. The monoisotopic (exact) mass is 521 g/mol. The number of amides is 1. The number of likely N-dealkylation sites (tertiary alicyclic amines) is 1. The number of aromatic nitrogens is 1. The number of carbonyl (C=O) groups excluding carboxylic acids is 1. The first-order valence-corrected chi connectivity index (χ1v) is 14.7. The molecule has 0 spiro atoms. The van der Waals surface area contributed by atoms with Crippen LogP contribution in [-0.4, -0.2) is 41.5 Å². The van der Waals surface area contributed by atoms with Gasteiger partial charge in [0.25, 0.3) is 0 Å². The molecular formula is C35H43N3O. The van der Waals surface area contributed by atoms with E-state index in [4.69, 9.17) is 0 Å². The van der Waals surface area contributed by atoms with Gasteiger partial charge in [-0.1, -0.05) is 88.4 Å². The van der Waals surface area contributed by atoms with Crippen molar-refractivity contribution in [1.29, 1.82) is 0 Å². The van der Waals surface area contributed by atoms with Gasteiger partial charge in [0.05, 0.1) is 5.92 Å². The van der Waals surface area contributed by atoms with Crippen LogP contribution in [0.4, 0.5) is 5.69 Å². The summed E-state index contributed by atoms with van der Waals surface area (Å²) in [6.45, 7) is 12.2. The molecule has 3 aromatic carbocycles. The third-order valence-corrected chi connectivity index (χ3v) is 8.71. The summed E-state index contributed by atoms with van der Waals surface area (Å²) in [7, 11) is 0. The van der Waals surface area contributed by atoms with Gasteiger partial charge < -0.3 is 14.8 Å². The molecule has 0 saturated carbocycles. The van der Waals surface area contributed by atoms with Gasteiger partial charge in [-0.3, -0.25) is 4.79 Å². The average Bonchev–Trinajstić information content (AvgIpc) is 3.40. The lowest BCUT2D eigenvalue weighted by Gasteiger charge is -2.40. The maximum Gasteiger partial charge on any atom is 0.239 e. The van der Waals surface area contributed by atoms with Crippen LogP contribution in [0.5, 0.6) is 0 Å². The summed E-state index contributed by atoms with van der Waals surface area (Å²) < 4.78 is 0. The van der Waals surface area contributed by atoms with E-state index in [9.17, 15) is 4.79 Å². The number of nitrogens with one attached hydrogen (secondary N) is 1. The summed E-state index contributed by atoms with van der Waals surface area (Å²) in [5, 5.41) is 1.17. The number of anilines is 1. The molecule has 2 heterocycles. The Morgan fingerprint density at radius 3 is 2.10 bits per heavy atom. The standard InChI is InChI=1S/C35H43N3O/c1-5-21-37-22-19-29(20-23-37)38(30-17-18-31-28(24-30)25-32(36-31)35(3,4)6-2)34(39)33(26-13-9-7-10-14-26)27-15-11-8-12-16-27/h7-18,24-25,29,33,36H,5-6,19-23H2,1-4H3. The molecule has 0 atom stereocenters. The molecule has 0 aliphatic carbocycles. The lowest BCUT2D eigenvalue weighted by Crippen LogP contribution is -2.49. The minimum Gasteiger partial charge on any atom is -0.358 e. The second-order valence-corrected chi connectivity index (χ2v) is 11.7. The van der Waals surface area contributed by atoms with Crippen molar-refractivity contribution in [3.05, 3.63) is 102 Å². The minimum atomic E-state index is -0.349. The van der Waals surface area contributed by atoms with Gasteiger partial charge >= 0.3 is 0 Å². The van der Waals surface area contributed by atoms with Crippen LogP contribution in [-0.2, 0) is 10.2 Å². The highest BCUT2D eigenvalue weighted by atomic mass is 16.2. The topological polar surface area (TPSA) is 39.3 Å². The van der Waals surface area contributed by atoms with Crippen LogP contribution in [0.15, 0.2) is 84.9 Å². The lowest BCUT2D eigenvalue weighted by atomic mass is 9.86. The summed E-state index contributed by atoms with van der Waals surface area (Å²) in [5.41, 5.74) is 5.52. The highest BCUT2D eigenvalue weighted by Crippen LogP contribution is 2.35. The smallest absolute Gasteiger partial charge is 0.239 e. The Morgan fingerprint density at radius 2 is 1.54 bits per heavy atom. The molecule has 1 aliphatic rings. The molecule has 5 rings (SSSR count). The van der Waals surface area contributed by atoms with Crippen molar-refractivity contribution in [1.82, 2.24) is 9.88 Å². The second kappa shape index (κ2) is 11.8. The van der Waals surface area contributed by atoms with Gasteiger partial charge in [0.15, 0.2) is 0 Å². The first-order valence-electron chi connectivity index (χ1n) is 14.7. The van der Waals surface area contributed by atoms with Crippen LogP contribution in [0.25, 0.3) is 10.9 Å². The van der Waals surface area contributed by atoms with Crippen LogP contribution in [0.3, 0.4) is 0 Å². The molecule has 1 N–H and O–H groups in total. The van der Waals surface area contributed by atoms with Crippen molar-refractivity contribution in [3.8, 4) is 0 Å². The summed E-state index contributed by atoms with van der Waals surface area (Å²) in [6, 6.07) is 29.5. The van der Waals surface area contributed by atoms with Crippen LogP contribution in [0.2, 0.25) is 0 Å². The number of benzene rings is 3. The number of fused-ring (bicyclic) bond motifs is 1. The Labute approximate surface area is 234 Å². The average molecular weight is 522 g/mol. The maximum absolute atomic E-state index is 14.8. The van der Waals surface area contributed by atoms with E-state index in [1.807, 2.05) is 36.4 Å². The molecule has 1 amide bonds. The van der Waals surface area contributed by atoms with E-state index in [1.54, 1.807) is 0 Å². The van der Waals surface area contributed by atoms with Gasteiger partial charge in [0.1, 0.15) is 0 Å². The third-order valence-electron chi connectivity index (χ3n) is 8.71. The first kappa shape index (κ1) is 27.2. The highest BCUT2D eigenvalue weighted by molar-refractivity contribution is 6.02.